The van der Waals surface area contributed by atoms with Gasteiger partial charge in [-0.15, -0.1) is 0 Å². The predicted molar refractivity (Wildman–Crippen MR) is 155 cm³/mol. The van der Waals surface area contributed by atoms with Gasteiger partial charge in [0.25, 0.3) is 17.7 Å². The Morgan fingerprint density at radius 1 is 0.833 bits per heavy atom. The Morgan fingerprint density at radius 3 is 2.33 bits per heavy atom. The molecule has 0 saturated carbocycles. The molecule has 42 heavy (non-hydrogen) atoms. The van der Waals surface area contributed by atoms with Crippen LogP contribution in [0.4, 0.5) is 25.3 Å². The van der Waals surface area contributed by atoms with Gasteiger partial charge in [0.05, 0.1) is 16.8 Å². The van der Waals surface area contributed by atoms with E-state index >= 15 is 0 Å². The molecule has 1 saturated heterocycles. The molecule has 1 fully saturated rings. The number of nitrogens with zero attached hydrogens (tertiary/aromatic N) is 2. The van der Waals surface area contributed by atoms with Crippen LogP contribution in [0.1, 0.15) is 15.9 Å². The van der Waals surface area contributed by atoms with Crippen LogP contribution in [0.2, 0.25) is 0 Å². The van der Waals surface area contributed by atoms with Crippen LogP contribution >= 0.6 is 11.3 Å². The summed E-state index contributed by atoms with van der Waals surface area (Å²) in [5, 5.41) is 5.81. The number of hydrogen-bond acceptors (Lipinski definition) is 6. The highest BCUT2D eigenvalue weighted by Crippen LogP contribution is 2.30. The van der Waals surface area contributed by atoms with E-state index < -0.39 is 35.7 Å². The van der Waals surface area contributed by atoms with Crippen molar-refractivity contribution in [3.8, 4) is 0 Å². The summed E-state index contributed by atoms with van der Waals surface area (Å²) < 4.78 is 33.4. The third-order valence-electron chi connectivity index (χ3n) is 6.56. The number of carbonyl (C=O) groups is 3. The van der Waals surface area contributed by atoms with E-state index in [1.807, 2.05) is 24.3 Å². The molecule has 2 heterocycles. The molecule has 1 aliphatic heterocycles. The van der Waals surface area contributed by atoms with Gasteiger partial charge in [-0.1, -0.05) is 41.7 Å². The molecule has 2 N–H and O–H groups in total. The largest absolute Gasteiger partial charge is 0.349 e. The number of para-hydroxylation sites is 1. The first kappa shape index (κ1) is 27.2. The molecule has 1 aromatic heterocycles. The van der Waals surface area contributed by atoms with E-state index in [0.29, 0.717) is 21.9 Å². The molecule has 8 nitrogen and oxygen atoms in total. The third kappa shape index (κ3) is 6.02. The summed E-state index contributed by atoms with van der Waals surface area (Å²) in [5.41, 5.74) is 2.46. The van der Waals surface area contributed by atoms with Gasteiger partial charge in [0, 0.05) is 16.9 Å². The van der Waals surface area contributed by atoms with E-state index in [1.54, 1.807) is 36.4 Å². The Morgan fingerprint density at radius 2 is 1.60 bits per heavy atom. The minimum atomic E-state index is -1.07. The lowest BCUT2D eigenvalue weighted by molar-refractivity contribution is -0.120. The summed E-state index contributed by atoms with van der Waals surface area (Å²) in [6, 6.07) is 25.0. The second-order valence-corrected chi connectivity index (χ2v) is 10.5. The zero-order valence-electron chi connectivity index (χ0n) is 21.8. The molecule has 5 aromatic rings. The number of carbonyl (C=O) groups excluding carboxylic acids is 3. The number of fused-ring (bicyclic) bond motifs is 1. The highest BCUT2D eigenvalue weighted by atomic mass is 32.1. The zero-order chi connectivity index (χ0) is 29.2. The zero-order valence-corrected chi connectivity index (χ0v) is 22.6. The molecule has 0 spiro atoms. The van der Waals surface area contributed by atoms with Crippen molar-refractivity contribution in [3.05, 3.63) is 120 Å². The fraction of sp³-hybridized carbons (Fsp3) is 0.0968. The Kier molecular flexibility index (Phi) is 7.43. The first-order valence-electron chi connectivity index (χ1n) is 12.9. The lowest BCUT2D eigenvalue weighted by Crippen LogP contribution is -2.36. The standard InChI is InChI=1S/C31H22F2N4O4S/c32-20-12-8-18(9-13-20)17-37(30(40)27-26(41-27)29(39)34-22-5-3-4-21(33)16-22)23-14-10-19(11-15-23)28(38)36-31-35-24-6-1-2-7-25(24)42-31/h1-16,26-27H,17H2,(H,34,39)(H,35,36,38). The van der Waals surface area contributed by atoms with Crippen LogP contribution in [-0.2, 0) is 20.9 Å². The fourth-order valence-electron chi connectivity index (χ4n) is 4.39. The van der Waals surface area contributed by atoms with Crippen molar-refractivity contribution in [2.45, 2.75) is 18.8 Å². The minimum Gasteiger partial charge on any atom is -0.349 e. The van der Waals surface area contributed by atoms with Crippen LogP contribution in [0.3, 0.4) is 0 Å². The maximum atomic E-state index is 13.5. The number of halogens is 2. The van der Waals surface area contributed by atoms with Gasteiger partial charge in [0.1, 0.15) is 11.6 Å². The monoisotopic (exact) mass is 584 g/mol. The van der Waals surface area contributed by atoms with Gasteiger partial charge in [0.2, 0.25) is 0 Å². The van der Waals surface area contributed by atoms with Crippen LogP contribution in [0.25, 0.3) is 10.2 Å². The molecule has 6 rings (SSSR count). The number of hydrogen-bond donors (Lipinski definition) is 2. The van der Waals surface area contributed by atoms with Crippen molar-refractivity contribution in [2.24, 2.45) is 0 Å². The molecule has 4 aromatic carbocycles. The maximum absolute atomic E-state index is 13.5. The normalized spacial score (nSPS) is 15.7. The van der Waals surface area contributed by atoms with Crippen molar-refractivity contribution in [3.63, 3.8) is 0 Å². The number of benzene rings is 4. The number of amides is 3. The molecule has 11 heteroatoms. The van der Waals surface area contributed by atoms with Gasteiger partial charge < -0.3 is 15.0 Å². The van der Waals surface area contributed by atoms with Crippen LogP contribution in [0.15, 0.2) is 97.1 Å². The molecule has 0 bridgehead atoms. The van der Waals surface area contributed by atoms with Gasteiger partial charge >= 0.3 is 0 Å². The van der Waals surface area contributed by atoms with Crippen molar-refractivity contribution in [2.75, 3.05) is 15.5 Å². The van der Waals surface area contributed by atoms with Gasteiger partial charge in [-0.25, -0.2) is 13.8 Å². The van der Waals surface area contributed by atoms with E-state index in [0.717, 1.165) is 16.3 Å². The number of ether oxygens (including phenoxy) is 1. The Labute approximate surface area is 242 Å². The molecule has 0 radical (unpaired) electrons. The van der Waals surface area contributed by atoms with Crippen molar-refractivity contribution < 1.29 is 27.9 Å². The molecule has 0 aliphatic carbocycles. The smallest absolute Gasteiger partial charge is 0.259 e. The van der Waals surface area contributed by atoms with Crippen LogP contribution in [-0.4, -0.2) is 34.9 Å². The lowest BCUT2D eigenvalue weighted by Gasteiger charge is -2.23. The third-order valence-corrected chi connectivity index (χ3v) is 7.51. The summed E-state index contributed by atoms with van der Waals surface area (Å²) in [7, 11) is 0. The Balaban J connectivity index is 1.18. The Bertz CT molecular complexity index is 1760. The number of thiazole rings is 1. The quantitative estimate of drug-likeness (QED) is 0.226. The Hall–Kier alpha value is -5.00. The topological polar surface area (TPSA) is 104 Å². The first-order chi connectivity index (χ1) is 20.3. The molecule has 2 atom stereocenters. The van der Waals surface area contributed by atoms with Gasteiger partial charge in [0.15, 0.2) is 17.3 Å². The summed E-state index contributed by atoms with van der Waals surface area (Å²) in [4.78, 5) is 44.9. The summed E-state index contributed by atoms with van der Waals surface area (Å²) in [6.07, 6.45) is -2.13. The number of epoxide rings is 1. The molecular weight excluding hydrogens is 562 g/mol. The number of anilines is 3. The first-order valence-corrected chi connectivity index (χ1v) is 13.7. The van der Waals surface area contributed by atoms with E-state index in [1.165, 1.54) is 46.6 Å². The van der Waals surface area contributed by atoms with E-state index in [9.17, 15) is 23.2 Å². The fourth-order valence-corrected chi connectivity index (χ4v) is 5.25. The number of nitrogens with one attached hydrogen (secondary N) is 2. The maximum Gasteiger partial charge on any atom is 0.259 e. The van der Waals surface area contributed by atoms with Gasteiger partial charge in [-0.05, 0) is 72.3 Å². The second kappa shape index (κ2) is 11.5. The van der Waals surface area contributed by atoms with Crippen LogP contribution < -0.4 is 15.5 Å². The average molecular weight is 585 g/mol. The van der Waals surface area contributed by atoms with Crippen LogP contribution in [0.5, 0.6) is 0 Å². The van der Waals surface area contributed by atoms with Crippen molar-refractivity contribution >= 4 is 55.8 Å². The molecular formula is C31H22F2N4O4S. The van der Waals surface area contributed by atoms with E-state index in [-0.39, 0.29) is 18.1 Å². The highest BCUT2D eigenvalue weighted by molar-refractivity contribution is 7.22. The van der Waals surface area contributed by atoms with Gasteiger partial charge in [-0.3, -0.25) is 19.7 Å². The second-order valence-electron chi connectivity index (χ2n) is 9.52. The highest BCUT2D eigenvalue weighted by Gasteiger charge is 2.52. The molecule has 2 unspecified atom stereocenters. The van der Waals surface area contributed by atoms with Crippen LogP contribution in [0, 0.1) is 11.6 Å². The SMILES string of the molecule is O=C(Nc1nc2ccccc2s1)c1ccc(N(Cc2ccc(F)cc2)C(=O)C2OC2C(=O)Nc2cccc(F)c2)cc1. The summed E-state index contributed by atoms with van der Waals surface area (Å²) in [5.74, 6) is -2.37. The predicted octanol–water partition coefficient (Wildman–Crippen LogP) is 5.77. The molecule has 3 amide bonds. The average Bonchev–Trinajstić information content (AvgIpc) is 3.69. The summed E-state index contributed by atoms with van der Waals surface area (Å²) in [6.45, 7) is 0.0639. The number of rotatable bonds is 8. The van der Waals surface area contributed by atoms with E-state index in [2.05, 4.69) is 15.6 Å². The minimum absolute atomic E-state index is 0.0639. The van der Waals surface area contributed by atoms with Crippen molar-refractivity contribution in [1.82, 2.24) is 4.98 Å². The molecule has 1 aliphatic rings. The lowest BCUT2D eigenvalue weighted by atomic mass is 10.1. The number of aromatic nitrogens is 1. The summed E-state index contributed by atoms with van der Waals surface area (Å²) >= 11 is 1.36. The van der Waals surface area contributed by atoms with E-state index in [4.69, 9.17) is 4.74 Å². The molecule has 210 valence electrons. The van der Waals surface area contributed by atoms with Crippen molar-refractivity contribution in [1.29, 1.82) is 0 Å². The van der Waals surface area contributed by atoms with Gasteiger partial charge in [-0.2, -0.15) is 0 Å².